The predicted molar refractivity (Wildman–Crippen MR) is 150 cm³/mol. The Kier molecular flexibility index (Phi) is 10.3. The maximum atomic E-state index is 12.8. The van der Waals surface area contributed by atoms with Gasteiger partial charge >= 0.3 is 0 Å². The van der Waals surface area contributed by atoms with Crippen LogP contribution in [0.25, 0.3) is 0 Å². The van der Waals surface area contributed by atoms with Crippen LogP contribution in [-0.4, -0.2) is 32.7 Å². The molecule has 0 atom stereocenters. The van der Waals surface area contributed by atoms with E-state index >= 15 is 0 Å². The smallest absolute Gasteiger partial charge is 0.261 e. The summed E-state index contributed by atoms with van der Waals surface area (Å²) in [5, 5.41) is 5.61. The minimum absolute atomic E-state index is 0.0777. The maximum Gasteiger partial charge on any atom is 0.261 e. The number of thiocarbonyl (C=S) groups is 1. The Morgan fingerprint density at radius 1 is 0.865 bits per heavy atom. The van der Waals surface area contributed by atoms with Crippen molar-refractivity contribution < 1.29 is 22.7 Å². The number of amides is 1. The van der Waals surface area contributed by atoms with E-state index in [0.29, 0.717) is 41.7 Å². The number of para-hydroxylation sites is 1. The lowest BCUT2D eigenvalue weighted by Crippen LogP contribution is -2.34. The molecule has 10 heteroatoms. The number of nitrogens with one attached hydrogen (secondary N) is 3. The Morgan fingerprint density at radius 3 is 2.22 bits per heavy atom. The third-order valence-electron chi connectivity index (χ3n) is 5.20. The van der Waals surface area contributed by atoms with Gasteiger partial charge in [-0.2, -0.15) is 0 Å². The lowest BCUT2D eigenvalue weighted by molar-refractivity contribution is 0.0973. The molecule has 196 valence electrons. The van der Waals surface area contributed by atoms with Gasteiger partial charge in [-0.3, -0.25) is 14.8 Å². The molecule has 0 heterocycles. The van der Waals surface area contributed by atoms with Crippen molar-refractivity contribution in [1.29, 1.82) is 0 Å². The average molecular weight is 542 g/mol. The Bertz CT molecular complexity index is 1290. The van der Waals surface area contributed by atoms with E-state index in [9.17, 15) is 13.2 Å². The van der Waals surface area contributed by atoms with E-state index in [1.807, 2.05) is 13.0 Å². The fraction of sp³-hybridized carbons (Fsp3) is 0.259. The van der Waals surface area contributed by atoms with E-state index in [1.165, 1.54) is 12.1 Å². The number of carbonyl (C=O) groups excluding carboxylic acids is 1. The second-order valence-electron chi connectivity index (χ2n) is 8.05. The number of carbonyl (C=O) groups is 1. The van der Waals surface area contributed by atoms with Gasteiger partial charge < -0.3 is 14.8 Å². The van der Waals surface area contributed by atoms with Crippen LogP contribution in [0.2, 0.25) is 0 Å². The Morgan fingerprint density at radius 2 is 1.54 bits per heavy atom. The summed E-state index contributed by atoms with van der Waals surface area (Å²) in [7, 11) is -3.79. The van der Waals surface area contributed by atoms with Gasteiger partial charge in [0.15, 0.2) is 5.11 Å². The SMILES string of the molecule is CCCCCOc1ccccc1C(=O)NC(=S)Nc1ccc(S(=O)(=O)Nc2ccc(OCC)cc2)cc1. The van der Waals surface area contributed by atoms with Crippen LogP contribution >= 0.6 is 12.2 Å². The van der Waals surface area contributed by atoms with Crippen molar-refractivity contribution in [3.63, 3.8) is 0 Å². The largest absolute Gasteiger partial charge is 0.494 e. The van der Waals surface area contributed by atoms with Gasteiger partial charge in [-0.1, -0.05) is 31.9 Å². The van der Waals surface area contributed by atoms with Crippen molar-refractivity contribution in [2.45, 2.75) is 38.0 Å². The quantitative estimate of drug-likeness (QED) is 0.203. The van der Waals surface area contributed by atoms with E-state index < -0.39 is 15.9 Å². The molecule has 3 aromatic carbocycles. The van der Waals surface area contributed by atoms with E-state index in [0.717, 1.165) is 19.3 Å². The van der Waals surface area contributed by atoms with Gasteiger partial charge in [0.1, 0.15) is 11.5 Å². The van der Waals surface area contributed by atoms with E-state index in [4.69, 9.17) is 21.7 Å². The third kappa shape index (κ3) is 8.47. The van der Waals surface area contributed by atoms with Crippen molar-refractivity contribution in [3.8, 4) is 11.5 Å². The number of anilines is 2. The predicted octanol–water partition coefficient (Wildman–Crippen LogP) is 5.58. The van der Waals surface area contributed by atoms with Gasteiger partial charge in [-0.05, 0) is 86.2 Å². The summed E-state index contributed by atoms with van der Waals surface area (Å²) < 4.78 is 39.1. The second kappa shape index (κ2) is 13.6. The van der Waals surface area contributed by atoms with Crippen molar-refractivity contribution in [2.24, 2.45) is 0 Å². The molecule has 37 heavy (non-hydrogen) atoms. The van der Waals surface area contributed by atoms with Gasteiger partial charge in [0.2, 0.25) is 0 Å². The molecule has 0 saturated carbocycles. The molecule has 3 rings (SSSR count). The normalized spacial score (nSPS) is 10.9. The summed E-state index contributed by atoms with van der Waals surface area (Å²) in [6.07, 6.45) is 3.05. The molecule has 3 N–H and O–H groups in total. The van der Waals surface area contributed by atoms with Gasteiger partial charge in [0.25, 0.3) is 15.9 Å². The van der Waals surface area contributed by atoms with Crippen LogP contribution in [0, 0.1) is 0 Å². The molecular formula is C27H31N3O5S2. The van der Waals surface area contributed by atoms with Gasteiger partial charge in [-0.15, -0.1) is 0 Å². The number of hydrogen-bond acceptors (Lipinski definition) is 6. The first-order valence-corrected chi connectivity index (χ1v) is 13.9. The second-order valence-corrected chi connectivity index (χ2v) is 10.1. The highest BCUT2D eigenvalue weighted by Gasteiger charge is 2.16. The molecule has 0 aliphatic carbocycles. The monoisotopic (exact) mass is 541 g/mol. The van der Waals surface area contributed by atoms with Gasteiger partial charge in [-0.25, -0.2) is 8.42 Å². The maximum absolute atomic E-state index is 12.8. The molecule has 0 aliphatic heterocycles. The molecule has 0 spiro atoms. The first kappa shape index (κ1) is 27.9. The highest BCUT2D eigenvalue weighted by Crippen LogP contribution is 2.21. The molecule has 1 amide bonds. The molecule has 8 nitrogen and oxygen atoms in total. The number of sulfonamides is 1. The summed E-state index contributed by atoms with van der Waals surface area (Å²) >= 11 is 5.27. The van der Waals surface area contributed by atoms with E-state index in [2.05, 4.69) is 22.3 Å². The molecule has 0 saturated heterocycles. The minimum Gasteiger partial charge on any atom is -0.494 e. The number of hydrogen-bond donors (Lipinski definition) is 3. The van der Waals surface area contributed by atoms with Crippen LogP contribution in [0.15, 0.2) is 77.7 Å². The zero-order chi connectivity index (χ0) is 26.7. The van der Waals surface area contributed by atoms with Crippen molar-refractivity contribution >= 4 is 44.6 Å². The summed E-state index contributed by atoms with van der Waals surface area (Å²) in [6.45, 7) is 5.05. The standard InChI is InChI=1S/C27H31N3O5S2/c1-3-5-8-19-35-25-10-7-6-9-24(25)26(31)29-27(36)28-20-13-17-23(18-14-20)37(32,33)30-21-11-15-22(16-12-21)34-4-2/h6-7,9-18,30H,3-5,8,19H2,1-2H3,(H2,28,29,31,36). The molecular weight excluding hydrogens is 510 g/mol. The molecule has 0 unspecified atom stereocenters. The Labute approximate surface area is 223 Å². The van der Waals surface area contributed by atoms with Crippen molar-refractivity contribution in [3.05, 3.63) is 78.4 Å². The molecule has 3 aromatic rings. The van der Waals surface area contributed by atoms with Crippen LogP contribution in [0.5, 0.6) is 11.5 Å². The minimum atomic E-state index is -3.79. The molecule has 0 fully saturated rings. The first-order valence-electron chi connectivity index (χ1n) is 12.0. The van der Waals surface area contributed by atoms with Crippen LogP contribution < -0.4 is 24.8 Å². The van der Waals surface area contributed by atoms with E-state index in [1.54, 1.807) is 54.6 Å². The lowest BCUT2D eigenvalue weighted by Gasteiger charge is -2.13. The highest BCUT2D eigenvalue weighted by atomic mass is 32.2. The van der Waals surface area contributed by atoms with Crippen LogP contribution in [0.3, 0.4) is 0 Å². The molecule has 0 bridgehead atoms. The van der Waals surface area contributed by atoms with Crippen LogP contribution in [-0.2, 0) is 10.0 Å². The summed E-state index contributed by atoms with van der Waals surface area (Å²) in [5.41, 5.74) is 1.32. The van der Waals surface area contributed by atoms with Crippen molar-refractivity contribution in [2.75, 3.05) is 23.3 Å². The summed E-state index contributed by atoms with van der Waals surface area (Å²) in [5.74, 6) is 0.753. The molecule has 0 radical (unpaired) electrons. The first-order chi connectivity index (χ1) is 17.8. The highest BCUT2D eigenvalue weighted by molar-refractivity contribution is 7.92. The Balaban J connectivity index is 1.58. The zero-order valence-corrected chi connectivity index (χ0v) is 22.5. The van der Waals surface area contributed by atoms with Crippen LogP contribution in [0.4, 0.5) is 11.4 Å². The Hall–Kier alpha value is -3.63. The summed E-state index contributed by atoms with van der Waals surface area (Å²) in [4.78, 5) is 12.8. The van der Waals surface area contributed by atoms with Crippen LogP contribution in [0.1, 0.15) is 43.5 Å². The number of unbranched alkanes of at least 4 members (excludes halogenated alkanes) is 2. The van der Waals surface area contributed by atoms with Gasteiger partial charge in [0, 0.05) is 11.4 Å². The van der Waals surface area contributed by atoms with E-state index in [-0.39, 0.29) is 10.0 Å². The fourth-order valence-electron chi connectivity index (χ4n) is 3.36. The lowest BCUT2D eigenvalue weighted by atomic mass is 10.2. The summed E-state index contributed by atoms with van der Waals surface area (Å²) in [6, 6.07) is 19.7. The average Bonchev–Trinajstić information content (AvgIpc) is 2.88. The molecule has 0 aliphatic rings. The number of ether oxygens (including phenoxy) is 2. The number of benzene rings is 3. The van der Waals surface area contributed by atoms with Crippen molar-refractivity contribution in [1.82, 2.24) is 5.32 Å². The third-order valence-corrected chi connectivity index (χ3v) is 6.81. The topological polar surface area (TPSA) is 106 Å². The zero-order valence-electron chi connectivity index (χ0n) is 20.8. The molecule has 0 aromatic heterocycles. The fourth-order valence-corrected chi connectivity index (χ4v) is 4.63. The number of rotatable bonds is 12. The van der Waals surface area contributed by atoms with Gasteiger partial charge in [0.05, 0.1) is 23.7 Å².